The number of Topliss-reactive ketones (excluding diaryl/α,β-unsaturated/α-hetero) is 1. The molecule has 0 aromatic heterocycles. The zero-order valence-corrected chi connectivity index (χ0v) is 13.4. The van der Waals surface area contributed by atoms with Crippen LogP contribution in [0.4, 0.5) is 0 Å². The molecule has 5 rings (SSSR count). The van der Waals surface area contributed by atoms with E-state index in [4.69, 9.17) is 0 Å². The highest BCUT2D eigenvalue weighted by atomic mass is 16.4. The zero-order chi connectivity index (χ0) is 16.5. The summed E-state index contributed by atoms with van der Waals surface area (Å²) in [5.74, 6) is -0.629. The van der Waals surface area contributed by atoms with Crippen LogP contribution in [0.2, 0.25) is 0 Å². The minimum Gasteiger partial charge on any atom is -0.478 e. The average molecular weight is 318 g/mol. The molecule has 0 heterocycles. The van der Waals surface area contributed by atoms with Gasteiger partial charge in [0, 0.05) is 11.0 Å². The molecule has 1 spiro atoms. The molecule has 3 aliphatic rings. The lowest BCUT2D eigenvalue weighted by Crippen LogP contribution is -2.28. The van der Waals surface area contributed by atoms with Crippen LogP contribution in [0.1, 0.15) is 55.0 Å². The fourth-order valence-corrected chi connectivity index (χ4v) is 5.15. The predicted molar refractivity (Wildman–Crippen MR) is 89.7 cm³/mol. The Morgan fingerprint density at radius 3 is 2.54 bits per heavy atom. The van der Waals surface area contributed by atoms with E-state index in [2.05, 4.69) is 6.07 Å². The third-order valence-electron chi connectivity index (χ3n) is 6.13. The maximum absolute atomic E-state index is 13.1. The van der Waals surface area contributed by atoms with E-state index in [-0.39, 0.29) is 5.78 Å². The lowest BCUT2D eigenvalue weighted by Gasteiger charge is -2.20. The Kier molecular flexibility index (Phi) is 2.66. The van der Waals surface area contributed by atoms with E-state index in [1.807, 2.05) is 24.3 Å². The third-order valence-corrected chi connectivity index (χ3v) is 6.13. The van der Waals surface area contributed by atoms with Crippen LogP contribution in [-0.4, -0.2) is 16.9 Å². The zero-order valence-electron chi connectivity index (χ0n) is 13.4. The number of carboxylic acid groups (broad SMARTS) is 1. The van der Waals surface area contributed by atoms with Crippen LogP contribution in [0.5, 0.6) is 0 Å². The van der Waals surface area contributed by atoms with Crippen LogP contribution < -0.4 is 0 Å². The molecule has 120 valence electrons. The van der Waals surface area contributed by atoms with Gasteiger partial charge in [-0.15, -0.1) is 0 Å². The number of benzene rings is 2. The molecule has 3 nitrogen and oxygen atoms in total. The van der Waals surface area contributed by atoms with Gasteiger partial charge in [-0.25, -0.2) is 4.79 Å². The lowest BCUT2D eigenvalue weighted by molar-refractivity contribution is 0.0692. The summed E-state index contributed by atoms with van der Waals surface area (Å²) in [4.78, 5) is 25.0. The van der Waals surface area contributed by atoms with E-state index in [1.54, 1.807) is 0 Å². The highest BCUT2D eigenvalue weighted by molar-refractivity contribution is 6.06. The van der Waals surface area contributed by atoms with Crippen molar-refractivity contribution in [3.05, 3.63) is 69.3 Å². The minimum atomic E-state index is -0.829. The van der Waals surface area contributed by atoms with Gasteiger partial charge in [-0.3, -0.25) is 4.79 Å². The number of carbonyl (C=O) groups is 2. The highest BCUT2D eigenvalue weighted by Crippen LogP contribution is 2.49. The largest absolute Gasteiger partial charge is 0.478 e. The summed E-state index contributed by atoms with van der Waals surface area (Å²) < 4.78 is 0. The van der Waals surface area contributed by atoms with E-state index < -0.39 is 11.4 Å². The molecule has 0 fully saturated rings. The molecular weight excluding hydrogens is 300 g/mol. The molecule has 0 bridgehead atoms. The van der Waals surface area contributed by atoms with Crippen molar-refractivity contribution in [2.24, 2.45) is 5.41 Å². The first-order chi connectivity index (χ1) is 11.6. The summed E-state index contributed by atoms with van der Waals surface area (Å²) in [6.45, 7) is 0. The molecule has 1 N–H and O–H groups in total. The SMILES string of the molecule is O=C(O)c1c2c(cc3c1CC1(Cc4ccccc4C1=O)C3)CCC2. The number of aromatic carboxylic acids is 1. The van der Waals surface area contributed by atoms with E-state index in [1.165, 1.54) is 5.56 Å². The van der Waals surface area contributed by atoms with Crippen molar-refractivity contribution in [1.82, 2.24) is 0 Å². The van der Waals surface area contributed by atoms with Gasteiger partial charge in [0.05, 0.1) is 5.56 Å². The Hall–Kier alpha value is -2.42. The molecule has 0 aliphatic heterocycles. The summed E-state index contributed by atoms with van der Waals surface area (Å²) in [7, 11) is 0. The molecule has 3 heteroatoms. The second kappa shape index (κ2) is 4.56. The fraction of sp³-hybridized carbons (Fsp3) is 0.333. The van der Waals surface area contributed by atoms with Crippen molar-refractivity contribution >= 4 is 11.8 Å². The number of carbonyl (C=O) groups excluding carboxylic acids is 1. The Bertz CT molecular complexity index is 925. The van der Waals surface area contributed by atoms with E-state index >= 15 is 0 Å². The summed E-state index contributed by atoms with van der Waals surface area (Å²) in [6.07, 6.45) is 4.85. The quantitative estimate of drug-likeness (QED) is 0.877. The summed E-state index contributed by atoms with van der Waals surface area (Å²) >= 11 is 0. The number of aryl methyl sites for hydroxylation is 1. The molecule has 24 heavy (non-hydrogen) atoms. The summed E-state index contributed by atoms with van der Waals surface area (Å²) in [6, 6.07) is 10.0. The first-order valence-corrected chi connectivity index (χ1v) is 8.61. The van der Waals surface area contributed by atoms with Gasteiger partial charge in [0.2, 0.25) is 0 Å². The van der Waals surface area contributed by atoms with Crippen LogP contribution in [0.25, 0.3) is 0 Å². The highest BCUT2D eigenvalue weighted by Gasteiger charge is 2.50. The predicted octanol–water partition coefficient (Wildman–Crippen LogP) is 3.40. The smallest absolute Gasteiger partial charge is 0.336 e. The maximum atomic E-state index is 13.1. The number of hydrogen-bond donors (Lipinski definition) is 1. The van der Waals surface area contributed by atoms with Crippen LogP contribution in [0.15, 0.2) is 30.3 Å². The minimum absolute atomic E-state index is 0.200. The second-order valence-corrected chi connectivity index (χ2v) is 7.48. The third kappa shape index (κ3) is 1.67. The molecule has 0 saturated heterocycles. The fourth-order valence-electron chi connectivity index (χ4n) is 5.15. The van der Waals surface area contributed by atoms with Gasteiger partial charge in [0.1, 0.15) is 0 Å². The Labute approximate surface area is 140 Å². The van der Waals surface area contributed by atoms with Crippen molar-refractivity contribution in [2.45, 2.75) is 38.5 Å². The van der Waals surface area contributed by atoms with Gasteiger partial charge in [0.15, 0.2) is 5.78 Å². The van der Waals surface area contributed by atoms with Crippen LogP contribution in [-0.2, 0) is 32.1 Å². The molecule has 3 aliphatic carbocycles. The topological polar surface area (TPSA) is 54.4 Å². The monoisotopic (exact) mass is 318 g/mol. The Morgan fingerprint density at radius 1 is 0.958 bits per heavy atom. The number of carboxylic acids is 1. The van der Waals surface area contributed by atoms with Gasteiger partial charge < -0.3 is 5.11 Å². The molecule has 1 unspecified atom stereocenters. The normalized spacial score (nSPS) is 23.4. The maximum Gasteiger partial charge on any atom is 0.336 e. The summed E-state index contributed by atoms with van der Waals surface area (Å²) in [5, 5.41) is 9.80. The van der Waals surface area contributed by atoms with Gasteiger partial charge >= 0.3 is 5.97 Å². The van der Waals surface area contributed by atoms with Crippen LogP contribution >= 0.6 is 0 Å². The lowest BCUT2D eigenvalue weighted by atomic mass is 9.80. The molecule has 0 radical (unpaired) electrons. The number of rotatable bonds is 1. The Morgan fingerprint density at radius 2 is 1.75 bits per heavy atom. The number of ketones is 1. The molecule has 2 aromatic rings. The van der Waals surface area contributed by atoms with Crippen molar-refractivity contribution < 1.29 is 14.7 Å². The van der Waals surface area contributed by atoms with E-state index in [0.29, 0.717) is 18.4 Å². The van der Waals surface area contributed by atoms with E-state index in [0.717, 1.165) is 53.5 Å². The van der Waals surface area contributed by atoms with Gasteiger partial charge in [-0.1, -0.05) is 30.3 Å². The average Bonchev–Trinajstić information content (AvgIpc) is 3.22. The second-order valence-electron chi connectivity index (χ2n) is 7.48. The molecule has 2 aromatic carbocycles. The van der Waals surface area contributed by atoms with Gasteiger partial charge in [0.25, 0.3) is 0 Å². The standard InChI is InChI=1S/C21H18O3/c22-19-16-6-2-1-4-13(16)9-21(19)10-14-8-12-5-3-7-15(12)18(20(23)24)17(14)11-21/h1-2,4,6,8H,3,5,7,9-11H2,(H,23,24). The molecular formula is C21H18O3. The first kappa shape index (κ1) is 14.0. The number of fused-ring (bicyclic) bond motifs is 3. The van der Waals surface area contributed by atoms with Gasteiger partial charge in [-0.05, 0) is 66.3 Å². The first-order valence-electron chi connectivity index (χ1n) is 8.61. The van der Waals surface area contributed by atoms with Crippen molar-refractivity contribution in [2.75, 3.05) is 0 Å². The van der Waals surface area contributed by atoms with Crippen LogP contribution in [0.3, 0.4) is 0 Å². The molecule has 1 atom stereocenters. The van der Waals surface area contributed by atoms with Crippen molar-refractivity contribution in [3.63, 3.8) is 0 Å². The van der Waals surface area contributed by atoms with Crippen LogP contribution in [0, 0.1) is 5.41 Å². The summed E-state index contributed by atoms with van der Waals surface area (Å²) in [5.41, 5.74) is 6.20. The van der Waals surface area contributed by atoms with Crippen molar-refractivity contribution in [3.8, 4) is 0 Å². The number of hydrogen-bond acceptors (Lipinski definition) is 2. The molecule has 0 saturated carbocycles. The van der Waals surface area contributed by atoms with Gasteiger partial charge in [-0.2, -0.15) is 0 Å². The van der Waals surface area contributed by atoms with E-state index in [9.17, 15) is 14.7 Å². The molecule has 0 amide bonds. The van der Waals surface area contributed by atoms with Crippen molar-refractivity contribution in [1.29, 1.82) is 0 Å². The Balaban J connectivity index is 1.65.